The molecule has 3 aromatic rings. The molecule has 0 aliphatic carbocycles. The normalized spacial score (nSPS) is 15.1. The number of hydrogen-bond donors (Lipinski definition) is 1. The summed E-state index contributed by atoms with van der Waals surface area (Å²) in [6.45, 7) is 4.15. The van der Waals surface area contributed by atoms with E-state index in [2.05, 4.69) is 15.4 Å². The zero-order chi connectivity index (χ0) is 18.5. The third-order valence-corrected chi connectivity index (χ3v) is 5.16. The summed E-state index contributed by atoms with van der Waals surface area (Å²) < 4.78 is 5.51. The lowest BCUT2D eigenvalue weighted by molar-refractivity contribution is 0.0951. The summed E-state index contributed by atoms with van der Waals surface area (Å²) in [5.41, 5.74) is 2.36. The van der Waals surface area contributed by atoms with Gasteiger partial charge in [-0.3, -0.25) is 4.79 Å². The van der Waals surface area contributed by atoms with Gasteiger partial charge >= 0.3 is 0 Å². The molecule has 0 saturated carbocycles. The first-order chi connectivity index (χ1) is 13.3. The van der Waals surface area contributed by atoms with E-state index in [1.54, 1.807) is 6.07 Å². The second-order valence-corrected chi connectivity index (χ2v) is 7.12. The van der Waals surface area contributed by atoms with E-state index in [-0.39, 0.29) is 5.91 Å². The van der Waals surface area contributed by atoms with Crippen molar-refractivity contribution in [1.82, 2.24) is 15.4 Å². The Morgan fingerprint density at radius 2 is 1.89 bits per heavy atom. The van der Waals surface area contributed by atoms with Gasteiger partial charge in [0.25, 0.3) is 5.91 Å². The van der Waals surface area contributed by atoms with Crippen LogP contribution in [0.3, 0.4) is 0 Å². The van der Waals surface area contributed by atoms with Gasteiger partial charge in [0.1, 0.15) is 5.52 Å². The van der Waals surface area contributed by atoms with Crippen molar-refractivity contribution in [2.45, 2.75) is 25.7 Å². The SMILES string of the molecule is O=C(NCCCN1CCCCC1)c1ccc2noc(-c3ccccc3)c2c1. The van der Waals surface area contributed by atoms with Crippen LogP contribution in [0.25, 0.3) is 22.2 Å². The van der Waals surface area contributed by atoms with E-state index in [1.165, 1.54) is 32.4 Å². The van der Waals surface area contributed by atoms with Crippen molar-refractivity contribution in [3.63, 3.8) is 0 Å². The number of fused-ring (bicyclic) bond motifs is 1. The Morgan fingerprint density at radius 1 is 1.07 bits per heavy atom. The molecular formula is C22H25N3O2. The first-order valence-corrected chi connectivity index (χ1v) is 9.77. The summed E-state index contributed by atoms with van der Waals surface area (Å²) in [7, 11) is 0. The maximum Gasteiger partial charge on any atom is 0.251 e. The highest BCUT2D eigenvalue weighted by atomic mass is 16.5. The van der Waals surface area contributed by atoms with E-state index in [9.17, 15) is 4.79 Å². The number of amides is 1. The first-order valence-electron chi connectivity index (χ1n) is 9.77. The fourth-order valence-corrected chi connectivity index (χ4v) is 3.67. The maximum absolute atomic E-state index is 12.5. The molecule has 2 aromatic carbocycles. The van der Waals surface area contributed by atoms with Gasteiger partial charge in [0, 0.05) is 17.7 Å². The fraction of sp³-hybridized carbons (Fsp3) is 0.364. The summed E-state index contributed by atoms with van der Waals surface area (Å²) in [5, 5.41) is 8.01. The Morgan fingerprint density at radius 3 is 2.70 bits per heavy atom. The second-order valence-electron chi connectivity index (χ2n) is 7.12. The molecule has 1 aliphatic heterocycles. The molecule has 140 valence electrons. The van der Waals surface area contributed by atoms with E-state index in [4.69, 9.17) is 4.52 Å². The highest BCUT2D eigenvalue weighted by Crippen LogP contribution is 2.29. The van der Waals surface area contributed by atoms with Gasteiger partial charge in [0.2, 0.25) is 0 Å². The van der Waals surface area contributed by atoms with Gasteiger partial charge < -0.3 is 14.7 Å². The molecule has 0 bridgehead atoms. The number of carbonyl (C=O) groups is 1. The number of nitrogens with zero attached hydrogens (tertiary/aromatic N) is 2. The quantitative estimate of drug-likeness (QED) is 0.670. The van der Waals surface area contributed by atoms with Crippen LogP contribution >= 0.6 is 0 Å². The molecule has 1 fully saturated rings. The van der Waals surface area contributed by atoms with E-state index >= 15 is 0 Å². The third-order valence-electron chi connectivity index (χ3n) is 5.16. The molecule has 1 N–H and O–H groups in total. The summed E-state index contributed by atoms with van der Waals surface area (Å²) in [4.78, 5) is 15.0. The van der Waals surface area contributed by atoms with Crippen LogP contribution in [0, 0.1) is 0 Å². The highest BCUT2D eigenvalue weighted by Gasteiger charge is 2.14. The number of piperidine rings is 1. The molecule has 2 heterocycles. The molecule has 0 radical (unpaired) electrons. The van der Waals surface area contributed by atoms with Gasteiger partial charge in [0.05, 0.1) is 5.39 Å². The van der Waals surface area contributed by atoms with E-state index in [0.29, 0.717) is 17.9 Å². The van der Waals surface area contributed by atoms with E-state index < -0.39 is 0 Å². The monoisotopic (exact) mass is 363 g/mol. The number of carbonyl (C=O) groups excluding carboxylic acids is 1. The van der Waals surface area contributed by atoms with Gasteiger partial charge in [-0.1, -0.05) is 41.9 Å². The summed E-state index contributed by atoms with van der Waals surface area (Å²) >= 11 is 0. The van der Waals surface area contributed by atoms with Crippen LogP contribution < -0.4 is 5.32 Å². The van der Waals surface area contributed by atoms with Gasteiger partial charge in [-0.25, -0.2) is 0 Å². The van der Waals surface area contributed by atoms with Crippen LogP contribution in [-0.2, 0) is 0 Å². The van der Waals surface area contributed by atoms with E-state index in [0.717, 1.165) is 29.4 Å². The number of likely N-dealkylation sites (tertiary alicyclic amines) is 1. The van der Waals surface area contributed by atoms with Crippen LogP contribution in [-0.4, -0.2) is 42.1 Å². The number of benzene rings is 2. The average Bonchev–Trinajstić information content (AvgIpc) is 3.16. The van der Waals surface area contributed by atoms with Gasteiger partial charge in [-0.05, 0) is 57.1 Å². The van der Waals surface area contributed by atoms with Crippen LogP contribution in [0.4, 0.5) is 0 Å². The summed E-state index contributed by atoms with van der Waals surface area (Å²) in [6, 6.07) is 15.4. The Labute approximate surface area is 159 Å². The molecule has 0 spiro atoms. The molecule has 4 rings (SSSR count). The summed E-state index contributed by atoms with van der Waals surface area (Å²) in [6.07, 6.45) is 4.93. The summed E-state index contributed by atoms with van der Waals surface area (Å²) in [5.74, 6) is 0.654. The Kier molecular flexibility index (Phi) is 5.49. The Balaban J connectivity index is 1.40. The zero-order valence-electron chi connectivity index (χ0n) is 15.5. The highest BCUT2D eigenvalue weighted by molar-refractivity contribution is 6.00. The number of nitrogens with one attached hydrogen (secondary N) is 1. The second kappa shape index (κ2) is 8.35. The minimum Gasteiger partial charge on any atom is -0.355 e. The standard InChI is InChI=1S/C22H25N3O2/c26-22(23-12-7-15-25-13-5-2-6-14-25)18-10-11-20-19(16-18)21(27-24-20)17-8-3-1-4-9-17/h1,3-4,8-11,16H,2,5-7,12-15H2,(H,23,26). The molecule has 0 unspecified atom stereocenters. The van der Waals surface area contributed by atoms with Crippen molar-refractivity contribution in [3.05, 3.63) is 54.1 Å². The minimum atomic E-state index is -0.0456. The molecular weight excluding hydrogens is 338 g/mol. The topological polar surface area (TPSA) is 58.4 Å². The molecule has 5 nitrogen and oxygen atoms in total. The maximum atomic E-state index is 12.5. The Bertz CT molecular complexity index is 898. The van der Waals surface area contributed by atoms with Crippen molar-refractivity contribution in [2.75, 3.05) is 26.2 Å². The predicted octanol–water partition coefficient (Wildman–Crippen LogP) is 4.10. The number of rotatable bonds is 6. The van der Waals surface area contributed by atoms with Crippen molar-refractivity contribution in [3.8, 4) is 11.3 Å². The van der Waals surface area contributed by atoms with Crippen LogP contribution in [0.1, 0.15) is 36.0 Å². The van der Waals surface area contributed by atoms with Crippen molar-refractivity contribution in [1.29, 1.82) is 0 Å². The predicted molar refractivity (Wildman–Crippen MR) is 107 cm³/mol. The average molecular weight is 363 g/mol. The molecule has 1 saturated heterocycles. The van der Waals surface area contributed by atoms with Gasteiger partial charge in [-0.2, -0.15) is 0 Å². The van der Waals surface area contributed by atoms with Gasteiger partial charge in [-0.15, -0.1) is 0 Å². The van der Waals surface area contributed by atoms with Crippen LogP contribution in [0.2, 0.25) is 0 Å². The molecule has 0 atom stereocenters. The molecule has 1 amide bonds. The lowest BCUT2D eigenvalue weighted by Gasteiger charge is -2.26. The molecule has 1 aliphatic rings. The van der Waals surface area contributed by atoms with Gasteiger partial charge in [0.15, 0.2) is 5.76 Å². The van der Waals surface area contributed by atoms with E-state index in [1.807, 2.05) is 42.5 Å². The molecule has 5 heteroatoms. The smallest absolute Gasteiger partial charge is 0.251 e. The van der Waals surface area contributed by atoms with Crippen LogP contribution in [0.5, 0.6) is 0 Å². The van der Waals surface area contributed by atoms with Crippen molar-refractivity contribution >= 4 is 16.8 Å². The Hall–Kier alpha value is -2.66. The lowest BCUT2D eigenvalue weighted by atomic mass is 10.1. The number of aromatic nitrogens is 1. The first kappa shape index (κ1) is 17.7. The van der Waals surface area contributed by atoms with Crippen molar-refractivity contribution in [2.24, 2.45) is 0 Å². The largest absolute Gasteiger partial charge is 0.355 e. The van der Waals surface area contributed by atoms with Crippen molar-refractivity contribution < 1.29 is 9.32 Å². The molecule has 1 aromatic heterocycles. The minimum absolute atomic E-state index is 0.0456. The fourth-order valence-electron chi connectivity index (χ4n) is 3.67. The van der Waals surface area contributed by atoms with Crippen LogP contribution in [0.15, 0.2) is 53.1 Å². The third kappa shape index (κ3) is 4.19. The number of hydrogen-bond acceptors (Lipinski definition) is 4. The molecule has 27 heavy (non-hydrogen) atoms. The lowest BCUT2D eigenvalue weighted by Crippen LogP contribution is -2.33. The zero-order valence-corrected chi connectivity index (χ0v) is 15.5.